The smallest absolute Gasteiger partial charge is 0.264 e. The molecule has 1 N–H and O–H groups in total. The van der Waals surface area contributed by atoms with Crippen LogP contribution in [0.4, 0.5) is 5.95 Å². The van der Waals surface area contributed by atoms with Crippen LogP contribution in [0.3, 0.4) is 0 Å². The van der Waals surface area contributed by atoms with E-state index in [0.717, 1.165) is 57.2 Å². The number of hydrogen-bond acceptors (Lipinski definition) is 7. The summed E-state index contributed by atoms with van der Waals surface area (Å²) >= 11 is 6.54. The fourth-order valence-electron chi connectivity index (χ4n) is 5.98. The number of rotatable bonds is 14. The highest BCUT2D eigenvalue weighted by molar-refractivity contribution is 6.33. The van der Waals surface area contributed by atoms with Gasteiger partial charge in [0.05, 0.1) is 0 Å². The highest BCUT2D eigenvalue weighted by Crippen LogP contribution is 2.28. The van der Waals surface area contributed by atoms with E-state index in [0.29, 0.717) is 53.8 Å². The molecule has 0 radical (unpaired) electrons. The van der Waals surface area contributed by atoms with Gasteiger partial charge in [0.1, 0.15) is 17.3 Å². The Morgan fingerprint density at radius 2 is 2.00 bits per heavy atom. The van der Waals surface area contributed by atoms with Crippen LogP contribution in [-0.4, -0.2) is 69.5 Å². The second-order valence-corrected chi connectivity index (χ2v) is 12.5. The number of carbonyl (C=O) groups excluding carboxylic acids is 1. The predicted octanol–water partition coefficient (Wildman–Crippen LogP) is 6.38. The minimum absolute atomic E-state index is 0.114. The molecule has 240 valence electrons. The quantitative estimate of drug-likeness (QED) is 0.125. The molecule has 9 nitrogen and oxygen atoms in total. The molecule has 3 aromatic rings. The van der Waals surface area contributed by atoms with E-state index >= 15 is 0 Å². The van der Waals surface area contributed by atoms with Crippen molar-refractivity contribution in [1.82, 2.24) is 24.3 Å². The Balaban J connectivity index is 1.57. The molecule has 0 saturated carbocycles. The van der Waals surface area contributed by atoms with E-state index in [1.165, 1.54) is 0 Å². The van der Waals surface area contributed by atoms with Gasteiger partial charge < -0.3 is 15.1 Å². The number of amides is 1. The molecule has 1 atom stereocenters. The third-order valence-electron chi connectivity index (χ3n) is 8.49. The van der Waals surface area contributed by atoms with E-state index in [9.17, 15) is 14.9 Å². The molecule has 45 heavy (non-hydrogen) atoms. The van der Waals surface area contributed by atoms with Gasteiger partial charge in [-0.1, -0.05) is 63.6 Å². The van der Waals surface area contributed by atoms with Crippen LogP contribution in [0.2, 0.25) is 5.02 Å². The maximum absolute atomic E-state index is 14.1. The lowest BCUT2D eigenvalue weighted by molar-refractivity contribution is -0.128. The van der Waals surface area contributed by atoms with Crippen molar-refractivity contribution in [2.75, 3.05) is 44.6 Å². The summed E-state index contributed by atoms with van der Waals surface area (Å²) in [7, 11) is 0. The number of aryl methyl sites for hydroxylation is 1. The maximum Gasteiger partial charge on any atom is 0.264 e. The number of hydrogen-bond donors (Lipinski definition) is 1. The summed E-state index contributed by atoms with van der Waals surface area (Å²) in [6, 6.07) is 11.3. The first-order valence-electron chi connectivity index (χ1n) is 16.3. The molecule has 0 spiro atoms. The summed E-state index contributed by atoms with van der Waals surface area (Å²) in [6.07, 6.45) is 8.07. The molecule has 4 rings (SSSR count). The number of halogens is 1. The Labute approximate surface area is 271 Å². The van der Waals surface area contributed by atoms with Crippen LogP contribution in [0.1, 0.15) is 59.8 Å². The average molecular weight is 632 g/mol. The van der Waals surface area contributed by atoms with Gasteiger partial charge in [0.2, 0.25) is 5.95 Å². The van der Waals surface area contributed by atoms with Gasteiger partial charge in [-0.3, -0.25) is 14.2 Å². The molecule has 10 heteroatoms. The molecule has 0 bridgehead atoms. The lowest BCUT2D eigenvalue weighted by Crippen LogP contribution is -2.41. The van der Waals surface area contributed by atoms with Crippen LogP contribution in [0, 0.1) is 23.2 Å². The monoisotopic (exact) mass is 631 g/mol. The van der Waals surface area contributed by atoms with Gasteiger partial charge in [0, 0.05) is 53.9 Å². The van der Waals surface area contributed by atoms with E-state index in [1.807, 2.05) is 38.1 Å². The number of carbonyl (C=O) groups is 1. The van der Waals surface area contributed by atoms with Crippen molar-refractivity contribution >= 4 is 34.5 Å². The van der Waals surface area contributed by atoms with Gasteiger partial charge in [-0.2, -0.15) is 10.2 Å². The van der Waals surface area contributed by atoms with E-state index in [4.69, 9.17) is 16.6 Å². The molecule has 3 heterocycles. The van der Waals surface area contributed by atoms with Crippen LogP contribution >= 0.6 is 11.6 Å². The number of anilines is 1. The van der Waals surface area contributed by atoms with Crippen molar-refractivity contribution in [2.24, 2.45) is 11.8 Å². The zero-order chi connectivity index (χ0) is 32.3. The molecule has 1 fully saturated rings. The molecule has 2 aromatic heterocycles. The first-order valence-corrected chi connectivity index (χ1v) is 16.7. The highest BCUT2D eigenvalue weighted by Gasteiger charge is 2.26. The zero-order valence-electron chi connectivity index (χ0n) is 27.1. The van der Waals surface area contributed by atoms with Crippen LogP contribution in [0.15, 0.2) is 53.0 Å². The standard InChI is InChI=1S/C35H46ClN7O2/c1-5-41(6-2)17-10-9-16-38-35-39-23-28-21-30(29-13-7-8-14-31(29)36)34(45)43(32(28)40-35)19-15-26-12-11-18-42(24-26)33(44)27(22-37)20-25(3)4/h7-8,13-14,20-21,23,25-26H,5-6,9-12,15-19,24H2,1-4H3,(H,38,39,40)/b27-20+. The largest absolute Gasteiger partial charge is 0.354 e. The summed E-state index contributed by atoms with van der Waals surface area (Å²) < 4.78 is 1.74. The maximum atomic E-state index is 14.1. The number of likely N-dealkylation sites (tertiary alicyclic amines) is 1. The molecular formula is C35H46ClN7O2. The lowest BCUT2D eigenvalue weighted by atomic mass is 9.94. The highest BCUT2D eigenvalue weighted by atomic mass is 35.5. The predicted molar refractivity (Wildman–Crippen MR) is 182 cm³/mol. The van der Waals surface area contributed by atoms with E-state index in [2.05, 4.69) is 35.1 Å². The number of aromatic nitrogens is 3. The minimum Gasteiger partial charge on any atom is -0.354 e. The van der Waals surface area contributed by atoms with Crippen molar-refractivity contribution in [2.45, 2.75) is 66.3 Å². The van der Waals surface area contributed by atoms with Crippen molar-refractivity contribution in [3.8, 4) is 17.2 Å². The molecule has 1 amide bonds. The van der Waals surface area contributed by atoms with Crippen molar-refractivity contribution < 1.29 is 4.79 Å². The molecule has 1 aromatic carbocycles. The number of benzene rings is 1. The number of allylic oxidation sites excluding steroid dienone is 1. The number of pyridine rings is 1. The molecule has 1 unspecified atom stereocenters. The van der Waals surface area contributed by atoms with Crippen LogP contribution < -0.4 is 10.9 Å². The summed E-state index contributed by atoms with van der Waals surface area (Å²) in [5, 5.41) is 14.2. The van der Waals surface area contributed by atoms with Gasteiger partial charge in [-0.25, -0.2) is 4.98 Å². The lowest BCUT2D eigenvalue weighted by Gasteiger charge is -2.33. The second kappa shape index (κ2) is 16.5. The van der Waals surface area contributed by atoms with Gasteiger partial charge in [0.15, 0.2) is 0 Å². The number of nitrogens with zero attached hydrogens (tertiary/aromatic N) is 6. The normalized spacial score (nSPS) is 15.6. The first-order chi connectivity index (χ1) is 21.7. The molecule has 0 aliphatic carbocycles. The van der Waals surface area contributed by atoms with E-state index < -0.39 is 0 Å². The van der Waals surface area contributed by atoms with Gasteiger partial charge in [-0.15, -0.1) is 0 Å². The minimum atomic E-state index is -0.209. The van der Waals surface area contributed by atoms with Gasteiger partial charge in [-0.05, 0) is 75.7 Å². The number of nitrogens with one attached hydrogen (secondary N) is 1. The van der Waals surface area contributed by atoms with Gasteiger partial charge in [0.25, 0.3) is 11.5 Å². The molecule has 1 aliphatic heterocycles. The number of unbranched alkanes of at least 4 members (excludes halogenated alkanes) is 1. The van der Waals surface area contributed by atoms with Crippen LogP contribution in [0.5, 0.6) is 0 Å². The fraction of sp³-hybridized carbons (Fsp3) is 0.514. The Morgan fingerprint density at radius 3 is 2.71 bits per heavy atom. The SMILES string of the molecule is CCN(CC)CCCCNc1ncc2cc(-c3ccccc3Cl)c(=O)n(CCC3CCCN(C(=O)/C(C#N)=C/C(C)C)C3)c2n1. The van der Waals surface area contributed by atoms with Crippen LogP contribution in [0.25, 0.3) is 22.2 Å². The second-order valence-electron chi connectivity index (χ2n) is 12.1. The number of fused-ring (bicyclic) bond motifs is 1. The fourth-order valence-corrected chi connectivity index (χ4v) is 6.22. The average Bonchev–Trinajstić information content (AvgIpc) is 3.04. The van der Waals surface area contributed by atoms with Crippen molar-refractivity contribution in [1.29, 1.82) is 5.26 Å². The van der Waals surface area contributed by atoms with Crippen molar-refractivity contribution in [3.05, 3.63) is 63.6 Å². The molecule has 1 saturated heterocycles. The number of nitriles is 1. The Hall–Kier alpha value is -3.74. The topological polar surface area (TPSA) is 107 Å². The number of piperidine rings is 1. The van der Waals surface area contributed by atoms with Gasteiger partial charge >= 0.3 is 0 Å². The Kier molecular flexibility index (Phi) is 12.5. The first kappa shape index (κ1) is 34.1. The molecular weight excluding hydrogens is 586 g/mol. The van der Waals surface area contributed by atoms with E-state index in [-0.39, 0.29) is 28.9 Å². The Morgan fingerprint density at radius 1 is 1.22 bits per heavy atom. The summed E-state index contributed by atoms with van der Waals surface area (Å²) in [5.74, 6) is 0.598. The van der Waals surface area contributed by atoms with Crippen molar-refractivity contribution in [3.63, 3.8) is 0 Å². The summed E-state index contributed by atoms with van der Waals surface area (Å²) in [4.78, 5) is 40.8. The summed E-state index contributed by atoms with van der Waals surface area (Å²) in [5.41, 5.74) is 1.80. The third kappa shape index (κ3) is 8.93. The third-order valence-corrected chi connectivity index (χ3v) is 8.82. The summed E-state index contributed by atoms with van der Waals surface area (Å²) in [6.45, 7) is 13.8. The zero-order valence-corrected chi connectivity index (χ0v) is 27.8. The van der Waals surface area contributed by atoms with E-state index in [1.54, 1.807) is 27.8 Å². The Bertz CT molecular complexity index is 1590. The van der Waals surface area contributed by atoms with Crippen LogP contribution in [-0.2, 0) is 11.3 Å². The molecule has 1 aliphatic rings.